The number of rotatable bonds is 2. The number of aromatic hydroxyl groups is 1. The van der Waals surface area contributed by atoms with Crippen LogP contribution in [0.25, 0.3) is 10.9 Å². The summed E-state index contributed by atoms with van der Waals surface area (Å²) in [5.41, 5.74) is 0.556. The van der Waals surface area contributed by atoms with Crippen LogP contribution in [0, 0.1) is 5.82 Å². The van der Waals surface area contributed by atoms with Crippen molar-refractivity contribution < 1.29 is 14.3 Å². The van der Waals surface area contributed by atoms with Crippen LogP contribution in [-0.2, 0) is 6.54 Å². The highest BCUT2D eigenvalue weighted by atomic mass is 35.5. The fourth-order valence-corrected chi connectivity index (χ4v) is 3.77. The van der Waals surface area contributed by atoms with E-state index >= 15 is 0 Å². The normalized spacial score (nSPS) is 16.8. The zero-order valence-electron chi connectivity index (χ0n) is 14.6. The SMILES string of the molecule is C[C@H]1CN(C)C(=O)c2c(O)c3c(=O)n(Cc4ccc(F)c(Cl)c4)ncc3n21. The molecule has 0 bridgehead atoms. The topological polar surface area (TPSA) is 80.4 Å². The molecule has 1 aliphatic rings. The summed E-state index contributed by atoms with van der Waals surface area (Å²) in [5.74, 6) is -1.24. The molecule has 0 radical (unpaired) electrons. The Morgan fingerprint density at radius 3 is 2.81 bits per heavy atom. The van der Waals surface area contributed by atoms with Gasteiger partial charge in [-0.3, -0.25) is 9.59 Å². The van der Waals surface area contributed by atoms with Crippen molar-refractivity contribution in [2.24, 2.45) is 0 Å². The largest absolute Gasteiger partial charge is 0.505 e. The number of hydrogen-bond donors (Lipinski definition) is 1. The van der Waals surface area contributed by atoms with Crippen LogP contribution in [0.15, 0.2) is 29.2 Å². The van der Waals surface area contributed by atoms with Gasteiger partial charge in [-0.15, -0.1) is 0 Å². The Hall–Kier alpha value is -2.87. The van der Waals surface area contributed by atoms with Crippen molar-refractivity contribution in [1.82, 2.24) is 19.2 Å². The van der Waals surface area contributed by atoms with Crippen LogP contribution in [-0.4, -0.2) is 43.9 Å². The summed E-state index contributed by atoms with van der Waals surface area (Å²) in [7, 11) is 1.65. The van der Waals surface area contributed by atoms with Gasteiger partial charge in [0.15, 0.2) is 11.4 Å². The molecule has 140 valence electrons. The summed E-state index contributed by atoms with van der Waals surface area (Å²) in [4.78, 5) is 26.9. The van der Waals surface area contributed by atoms with Crippen LogP contribution in [0.1, 0.15) is 29.0 Å². The van der Waals surface area contributed by atoms with Crippen molar-refractivity contribution in [3.8, 4) is 5.75 Å². The molecule has 1 amide bonds. The molecule has 0 saturated heterocycles. The molecule has 0 aliphatic carbocycles. The molecule has 2 aromatic heterocycles. The maximum Gasteiger partial charge on any atom is 0.280 e. The zero-order chi connectivity index (χ0) is 19.5. The lowest BCUT2D eigenvalue weighted by molar-refractivity contribution is 0.0723. The molecule has 4 rings (SSSR count). The second-order valence-electron chi connectivity index (χ2n) is 6.72. The van der Waals surface area contributed by atoms with E-state index in [1.165, 1.54) is 29.3 Å². The first-order chi connectivity index (χ1) is 12.8. The molecule has 0 spiro atoms. The van der Waals surface area contributed by atoms with Crippen molar-refractivity contribution in [3.05, 3.63) is 56.8 Å². The summed E-state index contributed by atoms with van der Waals surface area (Å²) >= 11 is 5.79. The first-order valence-electron chi connectivity index (χ1n) is 8.32. The molecule has 3 aromatic rings. The van der Waals surface area contributed by atoms with Gasteiger partial charge in [-0.1, -0.05) is 17.7 Å². The van der Waals surface area contributed by atoms with Gasteiger partial charge in [-0.2, -0.15) is 5.10 Å². The van der Waals surface area contributed by atoms with E-state index in [4.69, 9.17) is 11.6 Å². The van der Waals surface area contributed by atoms with Crippen LogP contribution in [0.3, 0.4) is 0 Å². The van der Waals surface area contributed by atoms with E-state index in [2.05, 4.69) is 5.10 Å². The highest BCUT2D eigenvalue weighted by molar-refractivity contribution is 6.30. The number of carbonyl (C=O) groups excluding carboxylic acids is 1. The second kappa shape index (κ2) is 6.09. The quantitative estimate of drug-likeness (QED) is 0.728. The van der Waals surface area contributed by atoms with Crippen LogP contribution in [0.2, 0.25) is 5.02 Å². The van der Waals surface area contributed by atoms with Crippen molar-refractivity contribution in [3.63, 3.8) is 0 Å². The second-order valence-corrected chi connectivity index (χ2v) is 7.13. The van der Waals surface area contributed by atoms with E-state index in [1.807, 2.05) is 6.92 Å². The number of likely N-dealkylation sites (N-methyl/N-ethyl adjacent to an activating group) is 1. The summed E-state index contributed by atoms with van der Waals surface area (Å²) < 4.78 is 16.1. The average Bonchev–Trinajstić information content (AvgIpc) is 2.92. The number of nitrogens with zero attached hydrogens (tertiary/aromatic N) is 4. The third-order valence-corrected chi connectivity index (χ3v) is 5.12. The summed E-state index contributed by atoms with van der Waals surface area (Å²) in [6.45, 7) is 2.42. The van der Waals surface area contributed by atoms with E-state index < -0.39 is 11.4 Å². The van der Waals surface area contributed by atoms with E-state index in [1.54, 1.807) is 11.6 Å². The van der Waals surface area contributed by atoms with Crippen LogP contribution < -0.4 is 5.56 Å². The molecular weight excluding hydrogens is 375 g/mol. The highest BCUT2D eigenvalue weighted by Crippen LogP contribution is 2.35. The van der Waals surface area contributed by atoms with Gasteiger partial charge in [0.2, 0.25) is 0 Å². The monoisotopic (exact) mass is 390 g/mol. The first-order valence-corrected chi connectivity index (χ1v) is 8.69. The summed E-state index contributed by atoms with van der Waals surface area (Å²) in [5, 5.41) is 14.8. The average molecular weight is 391 g/mol. The molecule has 1 aliphatic heterocycles. The molecule has 9 heteroatoms. The lowest BCUT2D eigenvalue weighted by atomic mass is 10.2. The molecule has 7 nitrogen and oxygen atoms in total. The minimum Gasteiger partial charge on any atom is -0.505 e. The van der Waals surface area contributed by atoms with Crippen LogP contribution >= 0.6 is 11.6 Å². The fraction of sp³-hybridized carbons (Fsp3) is 0.278. The maximum absolute atomic E-state index is 13.3. The number of fused-ring (bicyclic) bond motifs is 3. The number of aromatic nitrogens is 3. The smallest absolute Gasteiger partial charge is 0.280 e. The number of hydrogen-bond acceptors (Lipinski definition) is 4. The van der Waals surface area contributed by atoms with E-state index in [9.17, 15) is 19.1 Å². The zero-order valence-corrected chi connectivity index (χ0v) is 15.4. The lowest BCUT2D eigenvalue weighted by Crippen LogP contribution is -2.39. The minimum absolute atomic E-state index is 0.0451. The van der Waals surface area contributed by atoms with Crippen molar-refractivity contribution in [1.29, 1.82) is 0 Å². The standard InChI is InChI=1S/C18H16ClFN4O3/c1-9-7-22(2)18(27)15-16(25)14-13(24(9)15)6-21-23(17(14)26)8-10-3-4-12(20)11(19)5-10/h3-6,9,25H,7-8H2,1-2H3/t9-/m0/s1. The number of amides is 1. The Kier molecular flexibility index (Phi) is 3.96. The fourth-order valence-electron chi connectivity index (χ4n) is 3.57. The number of benzene rings is 1. The Bertz CT molecular complexity index is 1150. The third kappa shape index (κ3) is 2.59. The highest BCUT2D eigenvalue weighted by Gasteiger charge is 2.34. The third-order valence-electron chi connectivity index (χ3n) is 4.83. The first kappa shape index (κ1) is 17.5. The van der Waals surface area contributed by atoms with E-state index in [0.29, 0.717) is 17.6 Å². The molecule has 1 atom stereocenters. The van der Waals surface area contributed by atoms with Crippen LogP contribution in [0.4, 0.5) is 4.39 Å². The minimum atomic E-state index is -0.550. The summed E-state index contributed by atoms with van der Waals surface area (Å²) in [6, 6.07) is 4.02. The Morgan fingerprint density at radius 1 is 1.37 bits per heavy atom. The molecular formula is C18H16ClFN4O3. The molecule has 0 unspecified atom stereocenters. The molecule has 27 heavy (non-hydrogen) atoms. The number of halogens is 2. The van der Waals surface area contributed by atoms with Crippen LogP contribution in [0.5, 0.6) is 5.75 Å². The van der Waals surface area contributed by atoms with Gasteiger partial charge in [-0.25, -0.2) is 9.07 Å². The van der Waals surface area contributed by atoms with Gasteiger partial charge in [0.25, 0.3) is 11.5 Å². The van der Waals surface area contributed by atoms with Gasteiger partial charge in [0, 0.05) is 19.6 Å². The maximum atomic E-state index is 13.3. The molecule has 0 fully saturated rings. The van der Waals surface area contributed by atoms with E-state index in [-0.39, 0.29) is 40.3 Å². The number of carbonyl (C=O) groups is 1. The van der Waals surface area contributed by atoms with Crippen molar-refractivity contribution in [2.75, 3.05) is 13.6 Å². The van der Waals surface area contributed by atoms with Crippen molar-refractivity contribution >= 4 is 28.4 Å². The predicted octanol–water partition coefficient (Wildman–Crippen LogP) is 2.39. The Labute approximate surface area is 158 Å². The lowest BCUT2D eigenvalue weighted by Gasteiger charge is -2.30. The molecule has 0 saturated carbocycles. The van der Waals surface area contributed by atoms with Gasteiger partial charge in [0.05, 0.1) is 23.3 Å². The van der Waals surface area contributed by atoms with Gasteiger partial charge >= 0.3 is 0 Å². The van der Waals surface area contributed by atoms with Gasteiger partial charge < -0.3 is 14.6 Å². The predicted molar refractivity (Wildman–Crippen MR) is 97.8 cm³/mol. The Balaban J connectivity index is 1.88. The molecule has 1 N–H and O–H groups in total. The van der Waals surface area contributed by atoms with Gasteiger partial charge in [-0.05, 0) is 24.6 Å². The van der Waals surface area contributed by atoms with Gasteiger partial charge in [0.1, 0.15) is 11.2 Å². The summed E-state index contributed by atoms with van der Waals surface area (Å²) in [6.07, 6.45) is 1.46. The van der Waals surface area contributed by atoms with Crippen molar-refractivity contribution in [2.45, 2.75) is 19.5 Å². The van der Waals surface area contributed by atoms with E-state index in [0.717, 1.165) is 4.68 Å². The molecule has 3 heterocycles. The molecule has 1 aromatic carbocycles. The Morgan fingerprint density at radius 2 is 2.11 bits per heavy atom.